The molecule has 2 unspecified atom stereocenters. The summed E-state index contributed by atoms with van der Waals surface area (Å²) in [6, 6.07) is 64.9. The first kappa shape index (κ1) is 51.6. The Bertz CT molecular complexity index is 3770. The van der Waals surface area contributed by atoms with Crippen LogP contribution in [0.25, 0.3) is 22.3 Å². The number of hydrogen-bond acceptors (Lipinski definition) is 3. The maximum atomic E-state index is 2.83. The predicted octanol–water partition coefficient (Wildman–Crippen LogP) is 18.7. The Kier molecular flexibility index (Phi) is 11.4. The van der Waals surface area contributed by atoms with E-state index in [4.69, 9.17) is 0 Å². The zero-order valence-corrected chi connectivity index (χ0v) is 50.0. The molecule has 8 aromatic rings. The van der Waals surface area contributed by atoms with E-state index in [1.54, 1.807) is 0 Å². The van der Waals surface area contributed by atoms with Crippen LogP contribution in [0.2, 0.25) is 0 Å². The van der Waals surface area contributed by atoms with Gasteiger partial charge in [0.2, 0.25) is 0 Å². The molecule has 2 atom stereocenters. The fourth-order valence-corrected chi connectivity index (χ4v) is 15.7. The summed E-state index contributed by atoms with van der Waals surface area (Å²) in [4.78, 5) is 8.31. The lowest BCUT2D eigenvalue weighted by Crippen LogP contribution is -2.62. The molecule has 4 heteroatoms. The van der Waals surface area contributed by atoms with Crippen LogP contribution in [0.3, 0.4) is 0 Å². The summed E-state index contributed by atoms with van der Waals surface area (Å²) in [6.07, 6.45) is 5.84. The highest BCUT2D eigenvalue weighted by atomic mass is 15.3. The van der Waals surface area contributed by atoms with Crippen molar-refractivity contribution in [2.75, 3.05) is 14.7 Å². The van der Waals surface area contributed by atoms with E-state index in [0.717, 1.165) is 12.8 Å². The summed E-state index contributed by atoms with van der Waals surface area (Å²) in [6.45, 7) is 36.3. The van der Waals surface area contributed by atoms with Gasteiger partial charge >= 0.3 is 0 Å². The smallest absolute Gasteiger partial charge is 0.252 e. The van der Waals surface area contributed by atoms with Gasteiger partial charge in [-0.15, -0.1) is 0 Å². The third-order valence-electron chi connectivity index (χ3n) is 20.0. The van der Waals surface area contributed by atoms with E-state index in [1.807, 2.05) is 0 Å². The van der Waals surface area contributed by atoms with Gasteiger partial charge in [0.1, 0.15) is 0 Å². The van der Waals surface area contributed by atoms with Crippen LogP contribution >= 0.6 is 0 Å². The highest BCUT2D eigenvalue weighted by Crippen LogP contribution is 2.62. The van der Waals surface area contributed by atoms with Crippen molar-refractivity contribution < 1.29 is 0 Å². The first-order valence-electron chi connectivity index (χ1n) is 29.7. The molecule has 0 N–H and O–H groups in total. The Hall–Kier alpha value is -6.78. The molecule has 1 fully saturated rings. The van der Waals surface area contributed by atoms with Gasteiger partial charge in [-0.3, -0.25) is 0 Å². The van der Waals surface area contributed by atoms with Gasteiger partial charge in [-0.25, -0.2) is 0 Å². The van der Waals surface area contributed by atoms with Crippen LogP contribution in [0.5, 0.6) is 0 Å². The maximum absolute atomic E-state index is 2.83. The van der Waals surface area contributed by atoms with Crippen LogP contribution in [0.15, 0.2) is 164 Å². The van der Waals surface area contributed by atoms with Gasteiger partial charge in [0.05, 0.1) is 16.9 Å². The molecular formula is C75H82BN3. The topological polar surface area (TPSA) is 9.72 Å². The number of nitrogens with zero attached hydrogens (tertiary/aromatic N) is 3. The number of rotatable bonds is 5. The summed E-state index contributed by atoms with van der Waals surface area (Å²) in [5, 5.41) is 0. The molecule has 0 saturated heterocycles. The molecule has 1 saturated carbocycles. The Morgan fingerprint density at radius 1 is 0.392 bits per heavy atom. The zero-order chi connectivity index (χ0) is 55.6. The first-order chi connectivity index (χ1) is 37.3. The Labute approximate surface area is 474 Å². The Morgan fingerprint density at radius 3 is 1.41 bits per heavy atom. The van der Waals surface area contributed by atoms with Crippen molar-refractivity contribution in [3.05, 3.63) is 197 Å². The van der Waals surface area contributed by atoms with Gasteiger partial charge in [-0.2, -0.15) is 0 Å². The fraction of sp³-hybridized carbons (Fsp3) is 0.360. The molecule has 79 heavy (non-hydrogen) atoms. The molecule has 0 aromatic heterocycles. The number of anilines is 8. The van der Waals surface area contributed by atoms with E-state index in [0.29, 0.717) is 0 Å². The van der Waals surface area contributed by atoms with E-state index in [1.165, 1.54) is 137 Å². The average molecular weight is 1040 g/mol. The quantitative estimate of drug-likeness (QED) is 0.159. The molecule has 2 aliphatic carbocycles. The highest BCUT2D eigenvalue weighted by Gasteiger charge is 2.58. The SMILES string of the molecule is CC(C)(C)c1ccc(N2c3cc(C(C)(C)C)ccc3B3c4cc5c(cc4N(c4ccc(C(C)(C)C)cc4-c4ccccc4)c4cc(N6c7ccccc7C7(C)CCCCC67C)cc2c43)C(C)(C)CC5(C)C)c(-c2ccccc2)c1. The first-order valence-corrected chi connectivity index (χ1v) is 29.7. The lowest BCUT2D eigenvalue weighted by Gasteiger charge is -2.51. The van der Waals surface area contributed by atoms with E-state index >= 15 is 0 Å². The molecule has 0 bridgehead atoms. The van der Waals surface area contributed by atoms with Gasteiger partial charge in [-0.05, 0) is 169 Å². The molecular weight excluding hydrogens is 954 g/mol. The second kappa shape index (κ2) is 17.4. The standard InChI is InChI=1S/C75H82BN3/c1-69(2,3)50-33-36-61(54(40-50)48-26-18-16-19-27-48)77-64-42-52(71(7,8)9)32-35-59(64)76-60-45-57-58(73(12,13)47-72(57,10)11)46-65(60)78(62-37-34-51(70(4,5)6)41-55(62)49-28-20-17-21-29-49)67-44-53(43-66(77)68(67)76)79-63-31-23-22-30-56(63)74(14)38-24-25-39-75(74,79)15/h16-23,26-37,40-46H,24-25,38-39,47H2,1-15H3. The number of hydrogen-bond donors (Lipinski definition) is 0. The van der Waals surface area contributed by atoms with Crippen molar-refractivity contribution in [3.63, 3.8) is 0 Å². The normalized spacial score (nSPS) is 20.5. The van der Waals surface area contributed by atoms with Crippen LogP contribution < -0.4 is 31.1 Å². The molecule has 8 aromatic carbocycles. The zero-order valence-electron chi connectivity index (χ0n) is 50.0. The van der Waals surface area contributed by atoms with Gasteiger partial charge in [0, 0.05) is 50.7 Å². The molecule has 3 aliphatic heterocycles. The minimum absolute atomic E-state index is 0.000536. The van der Waals surface area contributed by atoms with Gasteiger partial charge < -0.3 is 14.7 Å². The third-order valence-corrected chi connectivity index (χ3v) is 20.0. The minimum atomic E-state index is -0.160. The van der Waals surface area contributed by atoms with Crippen molar-refractivity contribution >= 4 is 68.6 Å². The molecule has 3 heterocycles. The van der Waals surface area contributed by atoms with Crippen LogP contribution in [-0.4, -0.2) is 12.3 Å². The van der Waals surface area contributed by atoms with Crippen LogP contribution in [0.4, 0.5) is 45.5 Å². The Morgan fingerprint density at radius 2 is 0.861 bits per heavy atom. The van der Waals surface area contributed by atoms with Crippen molar-refractivity contribution in [1.82, 2.24) is 0 Å². The second-order valence-electron chi connectivity index (χ2n) is 29.3. The third kappa shape index (κ3) is 7.80. The van der Waals surface area contributed by atoms with E-state index in [2.05, 4.69) is 282 Å². The van der Waals surface area contributed by atoms with Crippen molar-refractivity contribution in [2.24, 2.45) is 0 Å². The van der Waals surface area contributed by atoms with E-state index in [-0.39, 0.29) is 44.7 Å². The van der Waals surface area contributed by atoms with E-state index < -0.39 is 0 Å². The average Bonchev–Trinajstić information content (AvgIpc) is 3.76. The molecule has 0 amide bonds. The highest BCUT2D eigenvalue weighted by molar-refractivity contribution is 7.00. The van der Waals surface area contributed by atoms with Crippen molar-refractivity contribution in [1.29, 1.82) is 0 Å². The monoisotopic (exact) mass is 1040 g/mol. The molecule has 13 rings (SSSR count). The molecule has 5 aliphatic rings. The summed E-state index contributed by atoms with van der Waals surface area (Å²) in [5.41, 5.74) is 27.2. The fourth-order valence-electron chi connectivity index (χ4n) is 15.7. The van der Waals surface area contributed by atoms with Crippen molar-refractivity contribution in [3.8, 4) is 22.3 Å². The predicted molar refractivity (Wildman–Crippen MR) is 341 cm³/mol. The summed E-state index contributed by atoms with van der Waals surface area (Å²) < 4.78 is 0. The number of fused-ring (bicyclic) bond motifs is 8. The molecule has 0 spiro atoms. The van der Waals surface area contributed by atoms with Crippen molar-refractivity contribution in [2.45, 2.75) is 174 Å². The summed E-state index contributed by atoms with van der Waals surface area (Å²) in [7, 11) is 0. The van der Waals surface area contributed by atoms with Gasteiger partial charge in [-0.1, -0.05) is 219 Å². The van der Waals surface area contributed by atoms with Gasteiger partial charge in [0.25, 0.3) is 6.71 Å². The number of benzene rings is 8. The second-order valence-corrected chi connectivity index (χ2v) is 29.3. The minimum Gasteiger partial charge on any atom is -0.334 e. The molecule has 0 radical (unpaired) electrons. The lowest BCUT2D eigenvalue weighted by molar-refractivity contribution is 0.195. The van der Waals surface area contributed by atoms with Crippen LogP contribution in [-0.2, 0) is 32.5 Å². The Balaban J connectivity index is 1.22. The maximum Gasteiger partial charge on any atom is 0.252 e. The largest absolute Gasteiger partial charge is 0.334 e. The van der Waals surface area contributed by atoms with Gasteiger partial charge in [0.15, 0.2) is 0 Å². The van der Waals surface area contributed by atoms with E-state index in [9.17, 15) is 0 Å². The summed E-state index contributed by atoms with van der Waals surface area (Å²) in [5.74, 6) is 0. The summed E-state index contributed by atoms with van der Waals surface area (Å²) >= 11 is 0. The van der Waals surface area contributed by atoms with Crippen LogP contribution in [0, 0.1) is 0 Å². The lowest BCUT2D eigenvalue weighted by atomic mass is 9.33. The molecule has 400 valence electrons. The van der Waals surface area contributed by atoms with Crippen LogP contribution in [0.1, 0.15) is 169 Å². The number of para-hydroxylation sites is 1. The molecule has 3 nitrogen and oxygen atoms in total.